The van der Waals surface area contributed by atoms with Crippen molar-refractivity contribution >= 4 is 20.9 Å². The monoisotopic (exact) mass is 443 g/mol. The number of para-hydroxylation sites is 1. The van der Waals surface area contributed by atoms with Gasteiger partial charge in [-0.1, -0.05) is 18.2 Å². The molecule has 0 saturated carbocycles. The first-order chi connectivity index (χ1) is 14.8. The van der Waals surface area contributed by atoms with E-state index >= 15 is 0 Å². The molecular formula is C23H29N3O4S. The zero-order valence-electron chi connectivity index (χ0n) is 18.2. The molecule has 0 bridgehead atoms. The molecule has 1 aliphatic rings. The predicted molar refractivity (Wildman–Crippen MR) is 121 cm³/mol. The Morgan fingerprint density at radius 3 is 2.32 bits per heavy atom. The number of ether oxygens (including phenoxy) is 1. The van der Waals surface area contributed by atoms with Crippen LogP contribution in [0.15, 0.2) is 53.4 Å². The normalized spacial score (nSPS) is 17.2. The summed E-state index contributed by atoms with van der Waals surface area (Å²) in [7, 11) is 0.0251. The number of aliphatic hydroxyl groups is 1. The van der Waals surface area contributed by atoms with Crippen LogP contribution in [0, 0.1) is 6.92 Å². The van der Waals surface area contributed by atoms with Gasteiger partial charge >= 0.3 is 0 Å². The Balaban J connectivity index is 1.43. The van der Waals surface area contributed by atoms with E-state index in [4.69, 9.17) is 4.74 Å². The van der Waals surface area contributed by atoms with Crippen LogP contribution in [-0.4, -0.2) is 67.1 Å². The molecule has 7 nitrogen and oxygen atoms in total. The van der Waals surface area contributed by atoms with E-state index < -0.39 is 16.1 Å². The van der Waals surface area contributed by atoms with E-state index in [0.29, 0.717) is 38.5 Å². The summed E-state index contributed by atoms with van der Waals surface area (Å²) in [6.45, 7) is 4.46. The van der Waals surface area contributed by atoms with Gasteiger partial charge in [0.25, 0.3) is 0 Å². The average Bonchev–Trinajstić information content (AvgIpc) is 3.04. The number of benzene rings is 2. The molecule has 1 aliphatic heterocycles. The minimum atomic E-state index is -3.54. The third-order valence-electron chi connectivity index (χ3n) is 6.24. The van der Waals surface area contributed by atoms with Gasteiger partial charge in [-0.3, -0.25) is 4.90 Å². The Kier molecular flexibility index (Phi) is 6.07. The zero-order valence-corrected chi connectivity index (χ0v) is 19.0. The minimum Gasteiger partial charge on any atom is -0.497 e. The van der Waals surface area contributed by atoms with Crippen LogP contribution in [0.25, 0.3) is 10.9 Å². The number of piperazine rings is 1. The van der Waals surface area contributed by atoms with E-state index in [0.717, 1.165) is 22.2 Å². The van der Waals surface area contributed by atoms with E-state index in [1.807, 2.05) is 32.2 Å². The molecule has 2 aromatic carbocycles. The van der Waals surface area contributed by atoms with Crippen molar-refractivity contribution in [2.24, 2.45) is 7.05 Å². The van der Waals surface area contributed by atoms with Crippen LogP contribution < -0.4 is 4.74 Å². The molecule has 1 saturated heterocycles. The topological polar surface area (TPSA) is 75.0 Å². The lowest BCUT2D eigenvalue weighted by molar-refractivity contribution is 0.0925. The van der Waals surface area contributed by atoms with Gasteiger partial charge in [-0.25, -0.2) is 8.42 Å². The van der Waals surface area contributed by atoms with Gasteiger partial charge in [-0.15, -0.1) is 0 Å². The molecule has 0 radical (unpaired) electrons. The molecule has 1 N–H and O–H groups in total. The fourth-order valence-corrected chi connectivity index (χ4v) is 5.78. The van der Waals surface area contributed by atoms with Crippen LogP contribution in [-0.2, 0) is 17.1 Å². The molecule has 2 heterocycles. The largest absolute Gasteiger partial charge is 0.497 e. The summed E-state index contributed by atoms with van der Waals surface area (Å²) in [6.07, 6.45) is -0.629. The summed E-state index contributed by atoms with van der Waals surface area (Å²) in [5, 5.41) is 12.1. The van der Waals surface area contributed by atoms with Crippen LogP contribution in [0.3, 0.4) is 0 Å². The van der Waals surface area contributed by atoms with Gasteiger partial charge < -0.3 is 14.4 Å². The van der Waals surface area contributed by atoms with E-state index in [9.17, 15) is 13.5 Å². The second kappa shape index (κ2) is 8.63. The quantitative estimate of drug-likeness (QED) is 0.634. The molecule has 8 heteroatoms. The molecule has 0 aliphatic carbocycles. The van der Waals surface area contributed by atoms with Crippen molar-refractivity contribution in [1.82, 2.24) is 13.8 Å². The van der Waals surface area contributed by atoms with Crippen molar-refractivity contribution in [3.63, 3.8) is 0 Å². The highest BCUT2D eigenvalue weighted by Gasteiger charge is 2.30. The molecule has 1 atom stereocenters. The Hall–Kier alpha value is -2.39. The zero-order chi connectivity index (χ0) is 22.2. The van der Waals surface area contributed by atoms with Crippen molar-refractivity contribution in [2.45, 2.75) is 17.9 Å². The molecule has 1 aromatic heterocycles. The SMILES string of the molecule is COc1ccc(S(=O)(=O)N2CCN(C[C@@H](O)c3c(C)n(C)c4ccccc34)CC2)cc1. The van der Waals surface area contributed by atoms with Crippen molar-refractivity contribution in [1.29, 1.82) is 0 Å². The van der Waals surface area contributed by atoms with Gasteiger partial charge in [0.2, 0.25) is 10.0 Å². The van der Waals surface area contributed by atoms with E-state index in [-0.39, 0.29) is 4.90 Å². The first kappa shape index (κ1) is 21.8. The number of sulfonamides is 1. The average molecular weight is 444 g/mol. The maximum Gasteiger partial charge on any atom is 0.243 e. The number of aryl methyl sites for hydroxylation is 1. The summed E-state index contributed by atoms with van der Waals surface area (Å²) in [5.74, 6) is 0.626. The van der Waals surface area contributed by atoms with Crippen LogP contribution in [0.4, 0.5) is 0 Å². The summed E-state index contributed by atoms with van der Waals surface area (Å²) >= 11 is 0. The number of hydrogen-bond donors (Lipinski definition) is 1. The van der Waals surface area contributed by atoms with E-state index in [2.05, 4.69) is 15.5 Å². The number of β-amino-alcohol motifs (C(OH)–C–C–N with tert-alkyl or cyclic N) is 1. The number of nitrogens with zero attached hydrogens (tertiary/aromatic N) is 3. The highest BCUT2D eigenvalue weighted by Crippen LogP contribution is 2.31. The number of methoxy groups -OCH3 is 1. The standard InChI is InChI=1S/C23H29N3O4S/c1-17-23(20-6-4-5-7-21(20)24(17)2)22(27)16-25-12-14-26(15-13-25)31(28,29)19-10-8-18(30-3)9-11-19/h4-11,22,27H,12-16H2,1-3H3/t22-/m1/s1. The first-order valence-corrected chi connectivity index (χ1v) is 11.9. The maximum atomic E-state index is 12.9. The summed E-state index contributed by atoms with van der Waals surface area (Å²) in [4.78, 5) is 2.40. The van der Waals surface area contributed by atoms with Gasteiger partial charge in [-0.05, 0) is 37.3 Å². The third kappa shape index (κ3) is 4.08. The molecular weight excluding hydrogens is 414 g/mol. The Bertz CT molecular complexity index is 1160. The molecule has 0 unspecified atom stereocenters. The highest BCUT2D eigenvalue weighted by atomic mass is 32.2. The van der Waals surface area contributed by atoms with E-state index in [1.165, 1.54) is 4.31 Å². The molecule has 0 spiro atoms. The molecule has 4 rings (SSSR count). The third-order valence-corrected chi connectivity index (χ3v) is 8.15. The van der Waals surface area contributed by atoms with Crippen LogP contribution in [0.1, 0.15) is 17.4 Å². The van der Waals surface area contributed by atoms with Crippen LogP contribution >= 0.6 is 0 Å². The van der Waals surface area contributed by atoms with Crippen LogP contribution in [0.2, 0.25) is 0 Å². The Morgan fingerprint density at radius 1 is 1.03 bits per heavy atom. The van der Waals surface area contributed by atoms with Crippen molar-refractivity contribution in [2.75, 3.05) is 39.8 Å². The summed E-state index contributed by atoms with van der Waals surface area (Å²) < 4.78 is 34.6. The first-order valence-electron chi connectivity index (χ1n) is 10.4. The van der Waals surface area contributed by atoms with Gasteiger partial charge in [0, 0.05) is 61.9 Å². The smallest absolute Gasteiger partial charge is 0.243 e. The lowest BCUT2D eigenvalue weighted by Crippen LogP contribution is -2.49. The molecule has 3 aromatic rings. The second-order valence-corrected chi connectivity index (χ2v) is 9.91. The summed E-state index contributed by atoms with van der Waals surface area (Å²) in [6, 6.07) is 14.6. The fourth-order valence-electron chi connectivity index (χ4n) is 4.36. The molecule has 166 valence electrons. The van der Waals surface area contributed by atoms with Crippen molar-refractivity contribution in [3.05, 3.63) is 59.8 Å². The predicted octanol–water partition coefficient (Wildman–Crippen LogP) is 2.54. The van der Waals surface area contributed by atoms with E-state index in [1.54, 1.807) is 31.4 Å². The molecule has 1 fully saturated rings. The lowest BCUT2D eigenvalue weighted by atomic mass is 10.0. The Labute approximate surface area is 183 Å². The lowest BCUT2D eigenvalue weighted by Gasteiger charge is -2.35. The number of aliphatic hydroxyl groups excluding tert-OH is 1. The van der Waals surface area contributed by atoms with Crippen molar-refractivity contribution < 1.29 is 18.3 Å². The molecule has 31 heavy (non-hydrogen) atoms. The van der Waals surface area contributed by atoms with Crippen LogP contribution in [0.5, 0.6) is 5.75 Å². The molecule has 0 amide bonds. The summed E-state index contributed by atoms with van der Waals surface area (Å²) in [5.41, 5.74) is 3.10. The fraction of sp³-hybridized carbons (Fsp3) is 0.391. The van der Waals surface area contributed by atoms with Crippen molar-refractivity contribution in [3.8, 4) is 5.75 Å². The van der Waals surface area contributed by atoms with Gasteiger partial charge in [0.05, 0.1) is 18.1 Å². The maximum absolute atomic E-state index is 12.9. The van der Waals surface area contributed by atoms with Gasteiger partial charge in [0.1, 0.15) is 5.75 Å². The van der Waals surface area contributed by atoms with Gasteiger partial charge in [0.15, 0.2) is 0 Å². The number of aromatic nitrogens is 1. The number of rotatable bonds is 6. The second-order valence-electron chi connectivity index (χ2n) is 7.97. The Morgan fingerprint density at radius 2 is 1.68 bits per heavy atom. The van der Waals surface area contributed by atoms with Gasteiger partial charge in [-0.2, -0.15) is 4.31 Å². The minimum absolute atomic E-state index is 0.271. The highest BCUT2D eigenvalue weighted by molar-refractivity contribution is 7.89. The number of fused-ring (bicyclic) bond motifs is 1. The number of hydrogen-bond acceptors (Lipinski definition) is 5.